The van der Waals surface area contributed by atoms with Crippen molar-refractivity contribution in [3.05, 3.63) is 70.8 Å². The molecule has 2 aliphatic heterocycles. The fourth-order valence-corrected chi connectivity index (χ4v) is 6.45. The fraction of sp³-hybridized carbons (Fsp3) is 0.529. The summed E-state index contributed by atoms with van der Waals surface area (Å²) in [7, 11) is 8.94. The standard InChI is InChI=1S/C34H48N4O4/c1-25(23-36-33(41)29-17-11-12-18-30(29)34(36)42)24-37(3,4)21-13-7-8-14-22-38(5,6)26(2)19-20-35-31(39)27-15-9-10-16-28(27)32(35)40/h9-12,15-18,25-26H,7-8,13-14,19-24H2,1-6H3/q+2. The first-order chi connectivity index (χ1) is 19.8. The number of fused-ring (bicyclic) bond motifs is 2. The number of carbonyl (C=O) groups is 4. The van der Waals surface area contributed by atoms with E-state index in [4.69, 9.17) is 0 Å². The van der Waals surface area contributed by atoms with Crippen LogP contribution in [-0.2, 0) is 0 Å². The van der Waals surface area contributed by atoms with Gasteiger partial charge < -0.3 is 8.97 Å². The third-order valence-corrected chi connectivity index (χ3v) is 9.27. The van der Waals surface area contributed by atoms with E-state index in [1.54, 1.807) is 48.5 Å². The van der Waals surface area contributed by atoms with Gasteiger partial charge in [-0.2, -0.15) is 0 Å². The number of carbonyl (C=O) groups excluding carboxylic acids is 4. The van der Waals surface area contributed by atoms with Crippen molar-refractivity contribution >= 4 is 23.6 Å². The molecule has 2 aromatic carbocycles. The molecule has 8 nitrogen and oxygen atoms in total. The topological polar surface area (TPSA) is 74.8 Å². The van der Waals surface area contributed by atoms with Gasteiger partial charge in [-0.15, -0.1) is 0 Å². The lowest BCUT2D eigenvalue weighted by molar-refractivity contribution is -0.913. The first-order valence-corrected chi connectivity index (χ1v) is 15.4. The smallest absolute Gasteiger partial charge is 0.261 e. The Labute approximate surface area is 251 Å². The molecule has 2 aromatic rings. The molecule has 2 unspecified atom stereocenters. The maximum atomic E-state index is 12.7. The Bertz CT molecular complexity index is 1260. The Hall–Kier alpha value is -3.36. The second kappa shape index (κ2) is 12.9. The number of unbranched alkanes of at least 4 members (excludes halogenated alkanes) is 3. The summed E-state index contributed by atoms with van der Waals surface area (Å²) < 4.78 is 1.72. The van der Waals surface area contributed by atoms with Crippen molar-refractivity contribution in [1.29, 1.82) is 0 Å². The maximum Gasteiger partial charge on any atom is 0.261 e. The molecular formula is C34H48N4O4+2. The van der Waals surface area contributed by atoms with E-state index < -0.39 is 0 Å². The largest absolute Gasteiger partial charge is 0.328 e. The monoisotopic (exact) mass is 576 g/mol. The van der Waals surface area contributed by atoms with Crippen LogP contribution in [0, 0.1) is 5.92 Å². The lowest BCUT2D eigenvalue weighted by atomic mass is 10.1. The van der Waals surface area contributed by atoms with Crippen molar-refractivity contribution in [1.82, 2.24) is 9.80 Å². The van der Waals surface area contributed by atoms with Gasteiger partial charge in [0.05, 0.1) is 76.1 Å². The first-order valence-electron chi connectivity index (χ1n) is 15.4. The van der Waals surface area contributed by atoms with E-state index in [9.17, 15) is 19.2 Å². The Morgan fingerprint density at radius 3 is 1.52 bits per heavy atom. The summed E-state index contributed by atoms with van der Waals surface area (Å²) in [5, 5.41) is 0. The third-order valence-electron chi connectivity index (χ3n) is 9.27. The van der Waals surface area contributed by atoms with Crippen LogP contribution in [0.1, 0.15) is 87.4 Å². The maximum absolute atomic E-state index is 12.7. The van der Waals surface area contributed by atoms with E-state index in [1.165, 1.54) is 9.80 Å². The van der Waals surface area contributed by atoms with Crippen LogP contribution in [0.2, 0.25) is 0 Å². The molecule has 0 aromatic heterocycles. The van der Waals surface area contributed by atoms with Gasteiger partial charge in [-0.05, 0) is 56.9 Å². The molecule has 42 heavy (non-hydrogen) atoms. The number of quaternary nitrogens is 2. The van der Waals surface area contributed by atoms with E-state index in [2.05, 4.69) is 42.0 Å². The van der Waals surface area contributed by atoms with E-state index >= 15 is 0 Å². The highest BCUT2D eigenvalue weighted by Gasteiger charge is 2.37. The molecule has 226 valence electrons. The van der Waals surface area contributed by atoms with Gasteiger partial charge in [0.15, 0.2) is 0 Å². The molecule has 0 bridgehead atoms. The highest BCUT2D eigenvalue weighted by Crippen LogP contribution is 2.25. The Kier molecular flexibility index (Phi) is 9.68. The van der Waals surface area contributed by atoms with Crippen molar-refractivity contribution in [2.45, 2.75) is 52.0 Å². The van der Waals surface area contributed by atoms with Crippen LogP contribution >= 0.6 is 0 Å². The summed E-state index contributed by atoms with van der Waals surface area (Å²) in [6.07, 6.45) is 5.38. The molecule has 0 saturated carbocycles. The average molecular weight is 577 g/mol. The van der Waals surface area contributed by atoms with Crippen LogP contribution in [0.3, 0.4) is 0 Å². The molecule has 2 atom stereocenters. The molecule has 0 N–H and O–H groups in total. The quantitative estimate of drug-likeness (QED) is 0.175. The number of rotatable bonds is 15. The van der Waals surface area contributed by atoms with Crippen LogP contribution in [0.25, 0.3) is 0 Å². The van der Waals surface area contributed by atoms with Crippen LogP contribution < -0.4 is 0 Å². The molecule has 2 heterocycles. The zero-order valence-corrected chi connectivity index (χ0v) is 26.3. The molecule has 0 radical (unpaired) electrons. The second-order valence-corrected chi connectivity index (χ2v) is 13.6. The number of hydrogen-bond donors (Lipinski definition) is 0. The zero-order chi connectivity index (χ0) is 30.7. The van der Waals surface area contributed by atoms with Crippen molar-refractivity contribution in [3.63, 3.8) is 0 Å². The zero-order valence-electron chi connectivity index (χ0n) is 26.3. The van der Waals surface area contributed by atoms with Gasteiger partial charge in [-0.3, -0.25) is 29.0 Å². The van der Waals surface area contributed by atoms with Crippen molar-refractivity contribution in [3.8, 4) is 0 Å². The summed E-state index contributed by atoms with van der Waals surface area (Å²) in [6, 6.07) is 14.5. The van der Waals surface area contributed by atoms with Gasteiger partial charge in [-0.1, -0.05) is 31.2 Å². The Balaban J connectivity index is 1.12. The number of amides is 4. The minimum Gasteiger partial charge on any atom is -0.328 e. The van der Waals surface area contributed by atoms with Gasteiger partial charge >= 0.3 is 0 Å². The van der Waals surface area contributed by atoms with Crippen molar-refractivity contribution in [2.24, 2.45) is 5.92 Å². The van der Waals surface area contributed by atoms with Gasteiger partial charge in [0.25, 0.3) is 23.6 Å². The molecule has 4 amide bonds. The summed E-state index contributed by atoms with van der Waals surface area (Å²) >= 11 is 0. The average Bonchev–Trinajstić information content (AvgIpc) is 3.33. The van der Waals surface area contributed by atoms with E-state index in [0.29, 0.717) is 41.4 Å². The highest BCUT2D eigenvalue weighted by molar-refractivity contribution is 6.22. The normalized spacial score (nSPS) is 16.7. The van der Waals surface area contributed by atoms with E-state index in [0.717, 1.165) is 60.7 Å². The number of hydrogen-bond acceptors (Lipinski definition) is 4. The lowest BCUT2D eigenvalue weighted by Crippen LogP contribution is -2.49. The van der Waals surface area contributed by atoms with Crippen LogP contribution in [0.4, 0.5) is 0 Å². The van der Waals surface area contributed by atoms with Crippen molar-refractivity contribution in [2.75, 3.05) is 60.9 Å². The number of benzene rings is 2. The molecule has 0 fully saturated rings. The van der Waals surface area contributed by atoms with Gasteiger partial charge in [-0.25, -0.2) is 0 Å². The van der Waals surface area contributed by atoms with Gasteiger partial charge in [0, 0.05) is 25.4 Å². The molecule has 0 saturated heterocycles. The Morgan fingerprint density at radius 1 is 0.619 bits per heavy atom. The summed E-state index contributed by atoms with van der Waals surface area (Å²) in [5.74, 6) is -0.485. The van der Waals surface area contributed by atoms with Crippen LogP contribution in [0.5, 0.6) is 0 Å². The van der Waals surface area contributed by atoms with E-state index in [-0.39, 0.29) is 29.5 Å². The minimum atomic E-state index is -0.174. The highest BCUT2D eigenvalue weighted by atomic mass is 16.2. The molecule has 0 spiro atoms. The second-order valence-electron chi connectivity index (χ2n) is 13.6. The summed E-state index contributed by atoms with van der Waals surface area (Å²) in [6.45, 7) is 8.25. The Morgan fingerprint density at radius 2 is 1.05 bits per heavy atom. The molecule has 4 rings (SSSR count). The number of nitrogens with zero attached hydrogens (tertiary/aromatic N) is 4. The van der Waals surface area contributed by atoms with Crippen LogP contribution in [0.15, 0.2) is 48.5 Å². The van der Waals surface area contributed by atoms with E-state index in [1.807, 2.05) is 0 Å². The molecular weight excluding hydrogens is 528 g/mol. The minimum absolute atomic E-state index is 0.174. The number of imide groups is 2. The third kappa shape index (κ3) is 6.98. The SMILES string of the molecule is CC(CN1C(=O)c2ccccc2C1=O)C[N+](C)(C)CCCCCC[N+](C)(C)C(C)CCN1C(=O)c2ccccc2C1=O. The van der Waals surface area contributed by atoms with Crippen LogP contribution in [-0.4, -0.2) is 109 Å². The van der Waals surface area contributed by atoms with Gasteiger partial charge in [0.1, 0.15) is 0 Å². The molecule has 8 heteroatoms. The predicted octanol–water partition coefficient (Wildman–Crippen LogP) is 4.71. The summed E-state index contributed by atoms with van der Waals surface area (Å²) in [5.41, 5.74) is 2.07. The molecule has 0 aliphatic carbocycles. The summed E-state index contributed by atoms with van der Waals surface area (Å²) in [4.78, 5) is 53.6. The van der Waals surface area contributed by atoms with Gasteiger partial charge in [0.2, 0.25) is 0 Å². The first kappa shape index (κ1) is 31.6. The predicted molar refractivity (Wildman–Crippen MR) is 164 cm³/mol. The molecule has 2 aliphatic rings. The van der Waals surface area contributed by atoms with Crippen molar-refractivity contribution < 1.29 is 28.1 Å². The fourth-order valence-electron chi connectivity index (χ4n) is 6.45. The lowest BCUT2D eigenvalue weighted by Gasteiger charge is -2.37.